The fourth-order valence-corrected chi connectivity index (χ4v) is 1.49. The SMILES string of the molecule is NC1(/N=N/c2ccc([N+](=O)[O-])cc2)C=CC=CC1. The van der Waals surface area contributed by atoms with Gasteiger partial charge in [0.05, 0.1) is 10.6 Å². The van der Waals surface area contributed by atoms with Crippen molar-refractivity contribution in [2.45, 2.75) is 12.1 Å². The zero-order valence-electron chi connectivity index (χ0n) is 9.56. The van der Waals surface area contributed by atoms with Crippen molar-refractivity contribution in [3.8, 4) is 0 Å². The molecule has 1 aliphatic carbocycles. The van der Waals surface area contributed by atoms with Crippen LogP contribution in [0.5, 0.6) is 0 Å². The maximum atomic E-state index is 10.5. The maximum Gasteiger partial charge on any atom is 0.269 e. The van der Waals surface area contributed by atoms with E-state index in [2.05, 4.69) is 10.2 Å². The Kier molecular flexibility index (Phi) is 3.29. The van der Waals surface area contributed by atoms with Gasteiger partial charge in [-0.1, -0.05) is 18.2 Å². The van der Waals surface area contributed by atoms with Gasteiger partial charge in [0.1, 0.15) is 0 Å². The van der Waals surface area contributed by atoms with E-state index in [4.69, 9.17) is 5.73 Å². The number of hydrogen-bond donors (Lipinski definition) is 1. The molecule has 0 spiro atoms. The second-order valence-electron chi connectivity index (χ2n) is 3.96. The van der Waals surface area contributed by atoms with E-state index in [0.29, 0.717) is 12.1 Å². The van der Waals surface area contributed by atoms with Crippen LogP contribution in [0.4, 0.5) is 11.4 Å². The smallest absolute Gasteiger partial charge is 0.269 e. The Morgan fingerprint density at radius 2 is 2.00 bits per heavy atom. The van der Waals surface area contributed by atoms with Gasteiger partial charge in [-0.25, -0.2) is 0 Å². The summed E-state index contributed by atoms with van der Waals surface area (Å²) in [5.41, 5.74) is 5.72. The highest BCUT2D eigenvalue weighted by Crippen LogP contribution is 2.22. The number of nitrogens with zero attached hydrogens (tertiary/aromatic N) is 3. The molecule has 0 saturated heterocycles. The molecule has 1 aromatic carbocycles. The lowest BCUT2D eigenvalue weighted by Crippen LogP contribution is -2.34. The van der Waals surface area contributed by atoms with E-state index >= 15 is 0 Å². The van der Waals surface area contributed by atoms with Gasteiger partial charge in [0.15, 0.2) is 5.66 Å². The predicted octanol–water partition coefficient (Wildman–Crippen LogP) is 2.85. The van der Waals surface area contributed by atoms with Crippen LogP contribution in [0.1, 0.15) is 6.42 Å². The summed E-state index contributed by atoms with van der Waals surface area (Å²) in [6.07, 6.45) is 7.97. The summed E-state index contributed by atoms with van der Waals surface area (Å²) in [7, 11) is 0. The Morgan fingerprint density at radius 3 is 2.56 bits per heavy atom. The number of nitro benzene ring substituents is 1. The topological polar surface area (TPSA) is 93.9 Å². The van der Waals surface area contributed by atoms with E-state index in [-0.39, 0.29) is 5.69 Å². The summed E-state index contributed by atoms with van der Waals surface area (Å²) < 4.78 is 0. The number of non-ortho nitro benzene ring substituents is 1. The number of azo groups is 1. The number of rotatable bonds is 3. The lowest BCUT2D eigenvalue weighted by molar-refractivity contribution is -0.384. The third-order valence-corrected chi connectivity index (χ3v) is 2.49. The third-order valence-electron chi connectivity index (χ3n) is 2.49. The van der Waals surface area contributed by atoms with Crippen molar-refractivity contribution in [3.63, 3.8) is 0 Å². The maximum absolute atomic E-state index is 10.5. The van der Waals surface area contributed by atoms with Gasteiger partial charge in [-0.15, -0.1) is 0 Å². The van der Waals surface area contributed by atoms with E-state index in [0.717, 1.165) is 0 Å². The Hall–Kier alpha value is -2.34. The minimum absolute atomic E-state index is 0.0249. The molecule has 2 rings (SSSR count). The lowest BCUT2D eigenvalue weighted by Gasteiger charge is -2.19. The van der Waals surface area contributed by atoms with Crippen molar-refractivity contribution >= 4 is 11.4 Å². The minimum atomic E-state index is -0.823. The molecule has 18 heavy (non-hydrogen) atoms. The van der Waals surface area contributed by atoms with Gasteiger partial charge < -0.3 is 5.73 Å². The average Bonchev–Trinajstić information content (AvgIpc) is 2.38. The molecule has 0 aliphatic heterocycles. The standard InChI is InChI=1S/C12H12N4O2/c13-12(8-2-1-3-9-12)15-14-10-4-6-11(7-5-10)16(17)18/h1-8H,9,13H2/b15-14+. The molecule has 92 valence electrons. The normalized spacial score (nSPS) is 22.5. The van der Waals surface area contributed by atoms with Crippen LogP contribution in [0.2, 0.25) is 0 Å². The summed E-state index contributed by atoms with van der Waals surface area (Å²) in [4.78, 5) is 10.0. The van der Waals surface area contributed by atoms with Crippen LogP contribution in [-0.4, -0.2) is 10.6 Å². The Morgan fingerprint density at radius 1 is 1.28 bits per heavy atom. The summed E-state index contributed by atoms with van der Waals surface area (Å²) in [5.74, 6) is 0. The summed E-state index contributed by atoms with van der Waals surface area (Å²) in [6, 6.07) is 5.84. The third kappa shape index (κ3) is 2.86. The van der Waals surface area contributed by atoms with Gasteiger partial charge in [-0.3, -0.25) is 10.1 Å². The van der Waals surface area contributed by atoms with Gasteiger partial charge >= 0.3 is 0 Å². The van der Waals surface area contributed by atoms with Crippen LogP contribution in [0, 0.1) is 10.1 Å². The highest BCUT2D eigenvalue weighted by atomic mass is 16.6. The van der Waals surface area contributed by atoms with Crippen molar-refractivity contribution in [1.82, 2.24) is 0 Å². The molecule has 0 bridgehead atoms. The van der Waals surface area contributed by atoms with E-state index < -0.39 is 10.6 Å². The first kappa shape index (κ1) is 12.1. The van der Waals surface area contributed by atoms with Crippen LogP contribution in [0.3, 0.4) is 0 Å². The van der Waals surface area contributed by atoms with Gasteiger partial charge in [0, 0.05) is 18.6 Å². The van der Waals surface area contributed by atoms with E-state index in [1.807, 2.05) is 18.2 Å². The summed E-state index contributed by atoms with van der Waals surface area (Å²) >= 11 is 0. The first-order chi connectivity index (χ1) is 8.59. The largest absolute Gasteiger partial charge is 0.302 e. The van der Waals surface area contributed by atoms with E-state index in [9.17, 15) is 10.1 Å². The predicted molar refractivity (Wildman–Crippen MR) is 67.4 cm³/mol. The number of allylic oxidation sites excluding steroid dienone is 2. The molecule has 1 aliphatic rings. The highest BCUT2D eigenvalue weighted by molar-refractivity contribution is 5.43. The Balaban J connectivity index is 2.11. The number of nitrogens with two attached hydrogens (primary N) is 1. The second-order valence-corrected chi connectivity index (χ2v) is 3.96. The summed E-state index contributed by atoms with van der Waals surface area (Å²) in [6.45, 7) is 0. The molecule has 0 aromatic heterocycles. The zero-order valence-corrected chi connectivity index (χ0v) is 9.56. The lowest BCUT2D eigenvalue weighted by atomic mass is 10.0. The van der Waals surface area contributed by atoms with E-state index in [1.165, 1.54) is 24.3 Å². The molecule has 1 atom stereocenters. The van der Waals surface area contributed by atoms with Crippen LogP contribution in [0.25, 0.3) is 0 Å². The molecular formula is C12H12N4O2. The minimum Gasteiger partial charge on any atom is -0.302 e. The molecule has 0 fully saturated rings. The molecule has 6 nitrogen and oxygen atoms in total. The molecular weight excluding hydrogens is 232 g/mol. The molecule has 0 radical (unpaired) electrons. The van der Waals surface area contributed by atoms with Crippen LogP contribution >= 0.6 is 0 Å². The fraction of sp³-hybridized carbons (Fsp3) is 0.167. The van der Waals surface area contributed by atoms with Crippen molar-refractivity contribution in [2.24, 2.45) is 16.0 Å². The molecule has 0 saturated carbocycles. The van der Waals surface area contributed by atoms with Crippen LogP contribution < -0.4 is 5.73 Å². The number of benzene rings is 1. The Labute approximate surface area is 104 Å². The van der Waals surface area contributed by atoms with Crippen molar-refractivity contribution in [3.05, 3.63) is 58.7 Å². The van der Waals surface area contributed by atoms with Gasteiger partial charge in [0.2, 0.25) is 0 Å². The molecule has 1 unspecified atom stereocenters. The molecule has 0 amide bonds. The van der Waals surface area contributed by atoms with Gasteiger partial charge in [0.25, 0.3) is 5.69 Å². The molecule has 1 aromatic rings. The van der Waals surface area contributed by atoms with Crippen molar-refractivity contribution in [2.75, 3.05) is 0 Å². The fourth-order valence-electron chi connectivity index (χ4n) is 1.49. The quantitative estimate of drug-likeness (QED) is 0.503. The molecule has 6 heteroatoms. The summed E-state index contributed by atoms with van der Waals surface area (Å²) in [5, 5.41) is 18.5. The van der Waals surface area contributed by atoms with Gasteiger partial charge in [-0.05, 0) is 18.2 Å². The van der Waals surface area contributed by atoms with Crippen molar-refractivity contribution < 1.29 is 4.92 Å². The van der Waals surface area contributed by atoms with E-state index in [1.54, 1.807) is 6.08 Å². The Bertz CT molecular complexity index is 534. The first-order valence-corrected chi connectivity index (χ1v) is 5.40. The number of nitro groups is 1. The highest BCUT2D eigenvalue weighted by Gasteiger charge is 2.20. The first-order valence-electron chi connectivity index (χ1n) is 5.40. The van der Waals surface area contributed by atoms with Crippen molar-refractivity contribution in [1.29, 1.82) is 0 Å². The van der Waals surface area contributed by atoms with Crippen LogP contribution in [0.15, 0.2) is 58.8 Å². The molecule has 0 heterocycles. The monoisotopic (exact) mass is 244 g/mol. The van der Waals surface area contributed by atoms with Crippen LogP contribution in [-0.2, 0) is 0 Å². The average molecular weight is 244 g/mol. The zero-order chi connectivity index (χ0) is 13.0. The second kappa shape index (κ2) is 4.89. The number of hydrogen-bond acceptors (Lipinski definition) is 5. The van der Waals surface area contributed by atoms with Gasteiger partial charge in [-0.2, -0.15) is 10.2 Å². The molecule has 2 N–H and O–H groups in total.